The van der Waals surface area contributed by atoms with Gasteiger partial charge in [-0.1, -0.05) is 36.2 Å². The molecule has 1 saturated heterocycles. The van der Waals surface area contributed by atoms with Gasteiger partial charge in [0.2, 0.25) is 5.91 Å². The smallest absolute Gasteiger partial charge is 0.222 e. The first kappa shape index (κ1) is 23.7. The minimum atomic E-state index is 0. The summed E-state index contributed by atoms with van der Waals surface area (Å²) in [4.78, 5) is 21.0. The molecule has 1 amide bonds. The molecular formula is C21H35IN4O. The van der Waals surface area contributed by atoms with Gasteiger partial charge in [0.1, 0.15) is 0 Å². The average molecular weight is 486 g/mol. The van der Waals surface area contributed by atoms with Crippen LogP contribution >= 0.6 is 24.0 Å². The summed E-state index contributed by atoms with van der Waals surface area (Å²) in [7, 11) is 2.07. The summed E-state index contributed by atoms with van der Waals surface area (Å²) in [5.41, 5.74) is 2.55. The van der Waals surface area contributed by atoms with Crippen molar-refractivity contribution in [2.75, 3.05) is 33.2 Å². The summed E-state index contributed by atoms with van der Waals surface area (Å²) in [5, 5.41) is 3.37. The number of carbonyl (C=O) groups is 1. The Morgan fingerprint density at radius 3 is 2.67 bits per heavy atom. The Balaban J connectivity index is 0.00000364. The van der Waals surface area contributed by atoms with Gasteiger partial charge in [-0.2, -0.15) is 0 Å². The molecule has 152 valence electrons. The fourth-order valence-electron chi connectivity index (χ4n) is 3.23. The molecule has 1 aromatic rings. The van der Waals surface area contributed by atoms with Crippen LogP contribution in [0.15, 0.2) is 29.3 Å². The van der Waals surface area contributed by atoms with Gasteiger partial charge >= 0.3 is 0 Å². The van der Waals surface area contributed by atoms with E-state index in [2.05, 4.69) is 55.4 Å². The number of nitrogens with zero attached hydrogens (tertiary/aromatic N) is 3. The largest absolute Gasteiger partial charge is 0.357 e. The highest BCUT2D eigenvalue weighted by Crippen LogP contribution is 2.11. The van der Waals surface area contributed by atoms with Gasteiger partial charge in [-0.3, -0.25) is 9.79 Å². The van der Waals surface area contributed by atoms with Crippen molar-refractivity contribution < 1.29 is 4.79 Å². The molecule has 1 aliphatic rings. The van der Waals surface area contributed by atoms with Crippen LogP contribution in [0.25, 0.3) is 0 Å². The number of hydrogen-bond acceptors (Lipinski definition) is 2. The third-order valence-electron chi connectivity index (χ3n) is 4.76. The lowest BCUT2D eigenvalue weighted by Gasteiger charge is -2.23. The molecule has 1 heterocycles. The Kier molecular flexibility index (Phi) is 11.4. The number of guanidine groups is 1. The Hall–Kier alpha value is -1.31. The molecular weight excluding hydrogens is 451 g/mol. The number of halogens is 1. The van der Waals surface area contributed by atoms with Crippen molar-refractivity contribution in [1.29, 1.82) is 0 Å². The predicted octanol–water partition coefficient (Wildman–Crippen LogP) is 3.80. The number of hydrogen-bond donors (Lipinski definition) is 1. The van der Waals surface area contributed by atoms with Gasteiger partial charge in [-0.15, -0.1) is 24.0 Å². The fourth-order valence-corrected chi connectivity index (χ4v) is 3.23. The van der Waals surface area contributed by atoms with E-state index in [0.717, 1.165) is 57.9 Å². The van der Waals surface area contributed by atoms with Crippen LogP contribution in [0, 0.1) is 6.92 Å². The van der Waals surface area contributed by atoms with E-state index in [1.54, 1.807) is 0 Å². The van der Waals surface area contributed by atoms with E-state index in [1.165, 1.54) is 17.5 Å². The zero-order valence-electron chi connectivity index (χ0n) is 17.0. The van der Waals surface area contributed by atoms with Crippen LogP contribution < -0.4 is 5.32 Å². The molecule has 0 radical (unpaired) electrons. The van der Waals surface area contributed by atoms with Crippen LogP contribution in [0.3, 0.4) is 0 Å². The number of rotatable bonds is 7. The van der Waals surface area contributed by atoms with Crippen molar-refractivity contribution in [3.05, 3.63) is 35.4 Å². The minimum Gasteiger partial charge on any atom is -0.357 e. The van der Waals surface area contributed by atoms with Crippen molar-refractivity contribution in [1.82, 2.24) is 15.1 Å². The number of nitrogens with one attached hydrogen (secondary N) is 1. The number of benzene rings is 1. The van der Waals surface area contributed by atoms with Gasteiger partial charge in [0.05, 0.1) is 0 Å². The molecule has 5 nitrogen and oxygen atoms in total. The van der Waals surface area contributed by atoms with Gasteiger partial charge in [0, 0.05) is 46.2 Å². The summed E-state index contributed by atoms with van der Waals surface area (Å²) in [6, 6.07) is 8.62. The molecule has 0 aromatic heterocycles. The molecule has 1 fully saturated rings. The van der Waals surface area contributed by atoms with Crippen molar-refractivity contribution in [3.8, 4) is 0 Å². The van der Waals surface area contributed by atoms with Crippen LogP contribution in [-0.4, -0.2) is 54.9 Å². The molecule has 0 spiro atoms. The van der Waals surface area contributed by atoms with Crippen LogP contribution in [0.4, 0.5) is 0 Å². The Morgan fingerprint density at radius 1 is 1.22 bits per heavy atom. The zero-order chi connectivity index (χ0) is 18.8. The number of carbonyl (C=O) groups excluding carboxylic acids is 1. The second kappa shape index (κ2) is 13.0. The Labute approximate surface area is 181 Å². The maximum absolute atomic E-state index is 12.0. The summed E-state index contributed by atoms with van der Waals surface area (Å²) in [6.07, 6.45) is 4.98. The summed E-state index contributed by atoms with van der Waals surface area (Å²) in [5.74, 6) is 1.24. The van der Waals surface area contributed by atoms with Gasteiger partial charge in [-0.05, 0) is 38.7 Å². The lowest BCUT2D eigenvalue weighted by Crippen LogP contribution is -2.38. The Bertz CT molecular complexity index is 588. The maximum Gasteiger partial charge on any atom is 0.222 e. The number of aliphatic imine (C=N–C) groups is 1. The van der Waals surface area contributed by atoms with Crippen LogP contribution in [0.1, 0.15) is 50.2 Å². The maximum atomic E-state index is 12.0. The monoisotopic (exact) mass is 486 g/mol. The number of likely N-dealkylation sites (tertiary alicyclic amines) is 1. The van der Waals surface area contributed by atoms with Crippen LogP contribution in [-0.2, 0) is 11.3 Å². The first-order valence-electron chi connectivity index (χ1n) is 9.93. The van der Waals surface area contributed by atoms with Crippen molar-refractivity contribution in [2.45, 2.75) is 52.5 Å². The first-order valence-corrected chi connectivity index (χ1v) is 9.93. The second-order valence-corrected chi connectivity index (χ2v) is 7.12. The van der Waals surface area contributed by atoms with Crippen molar-refractivity contribution >= 4 is 35.8 Å². The predicted molar refractivity (Wildman–Crippen MR) is 124 cm³/mol. The van der Waals surface area contributed by atoms with Crippen molar-refractivity contribution in [2.24, 2.45) is 4.99 Å². The van der Waals surface area contributed by atoms with E-state index >= 15 is 0 Å². The molecule has 1 N–H and O–H groups in total. The van der Waals surface area contributed by atoms with E-state index in [-0.39, 0.29) is 24.0 Å². The summed E-state index contributed by atoms with van der Waals surface area (Å²) in [6.45, 7) is 8.35. The molecule has 0 atom stereocenters. The van der Waals surface area contributed by atoms with Gasteiger partial charge in [0.25, 0.3) is 0 Å². The Morgan fingerprint density at radius 2 is 1.96 bits per heavy atom. The number of aryl methyl sites for hydroxylation is 1. The van der Waals surface area contributed by atoms with E-state index in [9.17, 15) is 4.79 Å². The highest BCUT2D eigenvalue weighted by molar-refractivity contribution is 14.0. The van der Waals surface area contributed by atoms with E-state index in [1.807, 2.05) is 4.90 Å². The highest BCUT2D eigenvalue weighted by atomic mass is 127. The SMILES string of the molecule is CCNC(=NCCCN1CCCCCC1=O)N(C)Cc1ccc(C)cc1.I. The van der Waals surface area contributed by atoms with E-state index in [4.69, 9.17) is 4.99 Å². The molecule has 0 saturated carbocycles. The fraction of sp³-hybridized carbons (Fsp3) is 0.619. The molecule has 1 aliphatic heterocycles. The van der Waals surface area contributed by atoms with Crippen LogP contribution in [0.2, 0.25) is 0 Å². The molecule has 27 heavy (non-hydrogen) atoms. The molecule has 0 aliphatic carbocycles. The molecule has 1 aromatic carbocycles. The van der Waals surface area contributed by atoms with E-state index < -0.39 is 0 Å². The van der Waals surface area contributed by atoms with Gasteiger partial charge < -0.3 is 15.1 Å². The normalized spacial score (nSPS) is 15.1. The zero-order valence-corrected chi connectivity index (χ0v) is 19.4. The quantitative estimate of drug-likeness (QED) is 0.276. The standard InChI is InChI=1S/C21H34N4O.HI/c1-4-22-21(24(3)17-19-12-10-18(2)11-13-19)23-14-8-16-25-15-7-5-6-9-20(25)26;/h10-13H,4-9,14-17H2,1-3H3,(H,22,23);1H. The number of amides is 1. The van der Waals surface area contributed by atoms with E-state index in [0.29, 0.717) is 12.3 Å². The van der Waals surface area contributed by atoms with Gasteiger partial charge in [0.15, 0.2) is 5.96 Å². The summed E-state index contributed by atoms with van der Waals surface area (Å²) < 4.78 is 0. The molecule has 0 unspecified atom stereocenters. The average Bonchev–Trinajstić information content (AvgIpc) is 2.84. The lowest BCUT2D eigenvalue weighted by molar-refractivity contribution is -0.130. The molecule has 2 rings (SSSR count). The third-order valence-corrected chi connectivity index (χ3v) is 4.76. The molecule has 6 heteroatoms. The highest BCUT2D eigenvalue weighted by Gasteiger charge is 2.15. The topological polar surface area (TPSA) is 47.9 Å². The summed E-state index contributed by atoms with van der Waals surface area (Å²) >= 11 is 0. The minimum absolute atomic E-state index is 0. The van der Waals surface area contributed by atoms with Crippen LogP contribution in [0.5, 0.6) is 0 Å². The van der Waals surface area contributed by atoms with Gasteiger partial charge in [-0.25, -0.2) is 0 Å². The molecule has 0 bridgehead atoms. The first-order chi connectivity index (χ1) is 12.6. The third kappa shape index (κ3) is 8.49. The second-order valence-electron chi connectivity index (χ2n) is 7.12. The lowest BCUT2D eigenvalue weighted by atomic mass is 10.1. The van der Waals surface area contributed by atoms with Crippen molar-refractivity contribution in [3.63, 3.8) is 0 Å².